The molecule has 0 aromatic carbocycles. The molecular formula is C24H40Cl2SiZr-4. The van der Waals surface area contributed by atoms with Crippen molar-refractivity contribution in [2.75, 3.05) is 0 Å². The van der Waals surface area contributed by atoms with Crippen LogP contribution >= 0.6 is 24.8 Å². The van der Waals surface area contributed by atoms with E-state index in [2.05, 4.69) is 63.1 Å². The molecule has 4 rings (SSSR count). The van der Waals surface area contributed by atoms with Crippen LogP contribution in [0.4, 0.5) is 0 Å². The van der Waals surface area contributed by atoms with Gasteiger partial charge in [-0.15, -0.1) is 62.0 Å². The summed E-state index contributed by atoms with van der Waals surface area (Å²) in [6.45, 7) is 6.69. The van der Waals surface area contributed by atoms with Crippen molar-refractivity contribution in [3.63, 3.8) is 0 Å². The van der Waals surface area contributed by atoms with Crippen molar-refractivity contribution in [2.24, 2.45) is 23.7 Å². The number of rotatable bonds is 0. The molecule has 4 atom stereocenters. The monoisotopic (exact) mass is 516 g/mol. The van der Waals surface area contributed by atoms with E-state index in [1.807, 2.05) is 6.88 Å². The zero-order chi connectivity index (χ0) is 17.4. The van der Waals surface area contributed by atoms with Crippen LogP contribution in [0.1, 0.15) is 52.4 Å². The van der Waals surface area contributed by atoms with Gasteiger partial charge in [-0.2, -0.15) is 0 Å². The van der Waals surface area contributed by atoms with Gasteiger partial charge in [-0.05, 0) is 36.5 Å². The maximum atomic E-state index is 2.40. The summed E-state index contributed by atoms with van der Waals surface area (Å²) in [5.41, 5.74) is 3.18. The van der Waals surface area contributed by atoms with Gasteiger partial charge in [-0.3, -0.25) is 0 Å². The van der Waals surface area contributed by atoms with E-state index in [1.54, 1.807) is 34.5 Å². The molecule has 0 aromatic heterocycles. The minimum atomic E-state index is 0. The third-order valence-electron chi connectivity index (χ3n) is 5.81. The van der Waals surface area contributed by atoms with E-state index in [0.29, 0.717) is 0 Å². The van der Waals surface area contributed by atoms with E-state index in [1.165, 1.54) is 38.5 Å². The molecule has 0 radical (unpaired) electrons. The summed E-state index contributed by atoms with van der Waals surface area (Å²) in [5, 5.41) is 0. The minimum absolute atomic E-state index is 0. The van der Waals surface area contributed by atoms with E-state index >= 15 is 0 Å². The van der Waals surface area contributed by atoms with Gasteiger partial charge in [0, 0.05) is 0 Å². The Morgan fingerprint density at radius 1 is 0.786 bits per heavy atom. The Morgan fingerprint density at radius 3 is 1.50 bits per heavy atom. The summed E-state index contributed by atoms with van der Waals surface area (Å²) >= 11 is 1.58. The molecule has 4 aliphatic carbocycles. The first-order chi connectivity index (χ1) is 11.8. The summed E-state index contributed by atoms with van der Waals surface area (Å²) in [4.78, 5) is 0. The number of allylic oxidation sites excluding steroid dienone is 8. The zero-order valence-electron chi connectivity index (χ0n) is 18.2. The second-order valence-corrected chi connectivity index (χ2v) is 7.39. The molecule has 0 saturated heterocycles. The predicted octanol–water partition coefficient (Wildman–Crippen LogP) is 7.07. The van der Waals surface area contributed by atoms with Gasteiger partial charge in [-0.1, -0.05) is 26.7 Å². The van der Waals surface area contributed by atoms with Crippen LogP contribution in [0, 0.1) is 51.4 Å². The van der Waals surface area contributed by atoms with Crippen LogP contribution < -0.4 is 0 Å². The first-order valence-corrected chi connectivity index (χ1v) is 15.4. The molecule has 28 heavy (non-hydrogen) atoms. The van der Waals surface area contributed by atoms with Crippen molar-refractivity contribution in [3.8, 4) is 0 Å². The van der Waals surface area contributed by atoms with Crippen molar-refractivity contribution in [1.29, 1.82) is 0 Å². The SMILES string of the molecule is CC1CC=CC=C2[CH-]CCC21.CC1CC=CC=C2[CH-]CCC21.Cl.Cl.[CH3-].[CH3-].[SiH2]=[Zr]. The number of hydrogen-bond donors (Lipinski definition) is 0. The fourth-order valence-electron chi connectivity index (χ4n) is 4.38. The van der Waals surface area contributed by atoms with Crippen LogP contribution in [0.25, 0.3) is 0 Å². The molecule has 4 aliphatic rings. The van der Waals surface area contributed by atoms with Crippen molar-refractivity contribution in [3.05, 3.63) is 75.3 Å². The van der Waals surface area contributed by atoms with Gasteiger partial charge in [0.1, 0.15) is 0 Å². The Morgan fingerprint density at radius 2 is 1.14 bits per heavy atom. The van der Waals surface area contributed by atoms with Crippen LogP contribution in [-0.2, 0) is 23.3 Å². The van der Waals surface area contributed by atoms with Crippen LogP contribution in [-0.4, -0.2) is 6.88 Å². The Bertz CT molecular complexity index is 479. The fraction of sp³-hybridized carbons (Fsp3) is 0.500. The first-order valence-electron chi connectivity index (χ1n) is 9.51. The molecule has 0 spiro atoms. The van der Waals surface area contributed by atoms with Crippen LogP contribution in [0.5, 0.6) is 0 Å². The molecule has 4 heteroatoms. The Kier molecular flexibility index (Phi) is 21.4. The molecule has 4 unspecified atom stereocenters. The molecule has 162 valence electrons. The van der Waals surface area contributed by atoms with Gasteiger partial charge < -0.3 is 14.9 Å². The molecule has 2 fully saturated rings. The van der Waals surface area contributed by atoms with Gasteiger partial charge in [0.15, 0.2) is 0 Å². The van der Waals surface area contributed by atoms with E-state index in [4.69, 9.17) is 0 Å². The summed E-state index contributed by atoms with van der Waals surface area (Å²) in [6.07, 6.45) is 26.3. The average molecular weight is 519 g/mol. The van der Waals surface area contributed by atoms with Crippen molar-refractivity contribution in [2.45, 2.75) is 52.4 Å². The van der Waals surface area contributed by atoms with Crippen molar-refractivity contribution < 1.29 is 23.3 Å². The van der Waals surface area contributed by atoms with Gasteiger partial charge in [0.2, 0.25) is 0 Å². The third kappa shape index (κ3) is 9.46. The third-order valence-corrected chi connectivity index (χ3v) is 5.81. The van der Waals surface area contributed by atoms with Gasteiger partial charge in [-0.25, -0.2) is 36.1 Å². The van der Waals surface area contributed by atoms with Crippen molar-refractivity contribution >= 4 is 31.7 Å². The van der Waals surface area contributed by atoms with Gasteiger partial charge >= 0.3 is 30.2 Å². The fourth-order valence-corrected chi connectivity index (χ4v) is 4.38. The molecule has 0 nitrogen and oxygen atoms in total. The van der Waals surface area contributed by atoms with Gasteiger partial charge in [0.25, 0.3) is 0 Å². The number of fused-ring (bicyclic) bond motifs is 2. The van der Waals surface area contributed by atoms with Crippen LogP contribution in [0.3, 0.4) is 0 Å². The average Bonchev–Trinajstić information content (AvgIpc) is 3.20. The Hall–Kier alpha value is 0.380. The normalized spacial score (nSPS) is 28.0. The molecule has 0 aromatic rings. The van der Waals surface area contributed by atoms with E-state index in [-0.39, 0.29) is 39.7 Å². The summed E-state index contributed by atoms with van der Waals surface area (Å²) < 4.78 is 0. The zero-order valence-corrected chi connectivity index (χ0v) is 23.7. The molecule has 0 bridgehead atoms. The van der Waals surface area contributed by atoms with Crippen molar-refractivity contribution in [1.82, 2.24) is 0 Å². The van der Waals surface area contributed by atoms with E-state index < -0.39 is 0 Å². The molecule has 2 saturated carbocycles. The topological polar surface area (TPSA) is 0 Å². The number of hydrogen-bond acceptors (Lipinski definition) is 0. The summed E-state index contributed by atoms with van der Waals surface area (Å²) in [6, 6.07) is 0. The van der Waals surface area contributed by atoms with Crippen LogP contribution in [0.15, 0.2) is 47.6 Å². The molecule has 0 heterocycles. The van der Waals surface area contributed by atoms with E-state index in [9.17, 15) is 0 Å². The quantitative estimate of drug-likeness (QED) is 0.238. The Balaban J connectivity index is -0.000000363. The second-order valence-electron chi connectivity index (χ2n) is 7.39. The van der Waals surface area contributed by atoms with Gasteiger partial charge in [0.05, 0.1) is 0 Å². The Labute approximate surface area is 205 Å². The molecule has 0 aliphatic heterocycles. The maximum absolute atomic E-state index is 2.40. The summed E-state index contributed by atoms with van der Waals surface area (Å²) in [5.74, 6) is 3.45. The van der Waals surface area contributed by atoms with E-state index in [0.717, 1.165) is 23.7 Å². The summed E-state index contributed by atoms with van der Waals surface area (Å²) in [7, 11) is 0. The number of halogens is 2. The first kappa shape index (κ1) is 33.0. The molecular weight excluding hydrogens is 478 g/mol. The second kappa shape index (κ2) is 18.2. The van der Waals surface area contributed by atoms with Crippen LogP contribution in [0.2, 0.25) is 0 Å². The molecule has 0 N–H and O–H groups in total. The standard InChI is InChI=1S/2C11H15.2CH3.2ClH.H2Si.Zr/c2*1-9-5-2-3-6-10-7-4-8-11(9)10;;;;;;/h2*2-3,6-7,9,11H,4-5,8H2,1H3;2*1H3;2*1H;1H2;/q4*-1;;;;. The molecule has 0 amide bonds. The predicted molar refractivity (Wildman–Crippen MR) is 132 cm³/mol.